The lowest BCUT2D eigenvalue weighted by Crippen LogP contribution is -2.29. The van der Waals surface area contributed by atoms with Gasteiger partial charge in [-0.15, -0.1) is 0 Å². The first-order valence-electron chi connectivity index (χ1n) is 10.4. The molecule has 1 atom stereocenters. The van der Waals surface area contributed by atoms with Gasteiger partial charge in [-0.2, -0.15) is 0 Å². The molecule has 1 fully saturated rings. The number of nitrogens with one attached hydrogen (secondary N) is 1. The Kier molecular flexibility index (Phi) is 5.94. The quantitative estimate of drug-likeness (QED) is 0.658. The van der Waals surface area contributed by atoms with Crippen LogP contribution in [0.3, 0.4) is 0 Å². The second kappa shape index (κ2) is 8.95. The summed E-state index contributed by atoms with van der Waals surface area (Å²) < 4.78 is 0. The summed E-state index contributed by atoms with van der Waals surface area (Å²) in [4.78, 5) is 26.7. The van der Waals surface area contributed by atoms with Crippen molar-refractivity contribution in [2.75, 3.05) is 6.54 Å². The Bertz CT molecular complexity index is 1010. The summed E-state index contributed by atoms with van der Waals surface area (Å²) in [6.45, 7) is 3.48. The third-order valence-electron chi connectivity index (χ3n) is 5.58. The van der Waals surface area contributed by atoms with E-state index in [1.807, 2.05) is 59.5 Å². The van der Waals surface area contributed by atoms with Crippen LogP contribution in [0.2, 0.25) is 0 Å². The molecule has 0 aliphatic carbocycles. The Balaban J connectivity index is 1.51. The molecule has 1 N–H and O–H groups in total. The predicted molar refractivity (Wildman–Crippen MR) is 118 cm³/mol. The zero-order chi connectivity index (χ0) is 20.9. The normalized spacial score (nSPS) is 14.6. The van der Waals surface area contributed by atoms with Crippen LogP contribution in [0.15, 0.2) is 78.9 Å². The fourth-order valence-electron chi connectivity index (χ4n) is 3.83. The summed E-state index contributed by atoms with van der Waals surface area (Å²) >= 11 is 0. The molecule has 1 unspecified atom stereocenters. The molecule has 1 aliphatic heterocycles. The van der Waals surface area contributed by atoms with Gasteiger partial charge < -0.3 is 10.2 Å². The maximum atomic E-state index is 13.0. The monoisotopic (exact) mass is 398 g/mol. The smallest absolute Gasteiger partial charge is 0.252 e. The molecule has 0 aromatic heterocycles. The van der Waals surface area contributed by atoms with Crippen LogP contribution in [-0.2, 0) is 11.3 Å². The molecule has 0 radical (unpaired) electrons. The van der Waals surface area contributed by atoms with Crippen molar-refractivity contribution in [3.05, 3.63) is 107 Å². The zero-order valence-corrected chi connectivity index (χ0v) is 17.2. The van der Waals surface area contributed by atoms with Crippen LogP contribution < -0.4 is 5.32 Å². The van der Waals surface area contributed by atoms with Gasteiger partial charge in [0.2, 0.25) is 5.91 Å². The first-order chi connectivity index (χ1) is 14.6. The molecule has 152 valence electrons. The number of nitrogens with zero attached hydrogens (tertiary/aromatic N) is 1. The van der Waals surface area contributed by atoms with Crippen LogP contribution in [-0.4, -0.2) is 23.3 Å². The summed E-state index contributed by atoms with van der Waals surface area (Å²) in [5, 5.41) is 3.18. The second-order valence-corrected chi connectivity index (χ2v) is 7.84. The second-order valence-electron chi connectivity index (χ2n) is 7.84. The van der Waals surface area contributed by atoms with Gasteiger partial charge in [-0.3, -0.25) is 9.59 Å². The molecule has 0 bridgehead atoms. The van der Waals surface area contributed by atoms with Gasteiger partial charge in [0, 0.05) is 25.1 Å². The Hall–Kier alpha value is -3.40. The van der Waals surface area contributed by atoms with E-state index in [0.717, 1.165) is 29.7 Å². The largest absolute Gasteiger partial charge is 0.341 e. The zero-order valence-electron chi connectivity index (χ0n) is 17.2. The Labute approximate surface area is 177 Å². The number of hydrogen-bond acceptors (Lipinski definition) is 2. The highest BCUT2D eigenvalue weighted by atomic mass is 16.2. The van der Waals surface area contributed by atoms with Crippen molar-refractivity contribution >= 4 is 11.8 Å². The Morgan fingerprint density at radius 3 is 2.23 bits per heavy atom. The van der Waals surface area contributed by atoms with Gasteiger partial charge >= 0.3 is 0 Å². The number of amides is 2. The summed E-state index contributed by atoms with van der Waals surface area (Å²) in [6, 6.07) is 25.6. The van der Waals surface area contributed by atoms with E-state index < -0.39 is 0 Å². The SMILES string of the molecule is Cc1ccc(C(NC(=O)c2ccc(CN3CCCC3=O)cc2)c2ccccc2)cc1. The molecular weight excluding hydrogens is 372 g/mol. The fourth-order valence-corrected chi connectivity index (χ4v) is 3.83. The fraction of sp³-hybridized carbons (Fsp3) is 0.231. The maximum absolute atomic E-state index is 13.0. The highest BCUT2D eigenvalue weighted by molar-refractivity contribution is 5.94. The van der Waals surface area contributed by atoms with Crippen LogP contribution in [0.5, 0.6) is 0 Å². The van der Waals surface area contributed by atoms with Gasteiger partial charge in [0.1, 0.15) is 0 Å². The minimum absolute atomic E-state index is 0.117. The lowest BCUT2D eigenvalue weighted by atomic mass is 9.97. The van der Waals surface area contributed by atoms with Crippen LogP contribution in [0.25, 0.3) is 0 Å². The van der Waals surface area contributed by atoms with Crippen molar-refractivity contribution < 1.29 is 9.59 Å². The molecule has 4 rings (SSSR count). The van der Waals surface area contributed by atoms with E-state index in [0.29, 0.717) is 18.5 Å². The van der Waals surface area contributed by atoms with E-state index in [1.165, 1.54) is 5.56 Å². The van der Waals surface area contributed by atoms with Gasteiger partial charge in [0.25, 0.3) is 5.91 Å². The lowest BCUT2D eigenvalue weighted by molar-refractivity contribution is -0.128. The van der Waals surface area contributed by atoms with E-state index in [4.69, 9.17) is 0 Å². The summed E-state index contributed by atoms with van der Waals surface area (Å²) in [5.74, 6) is 0.0915. The van der Waals surface area contributed by atoms with Crippen LogP contribution in [0.4, 0.5) is 0 Å². The third kappa shape index (κ3) is 4.60. The summed E-state index contributed by atoms with van der Waals surface area (Å²) in [7, 11) is 0. The van der Waals surface area contributed by atoms with Crippen molar-refractivity contribution in [3.63, 3.8) is 0 Å². The Morgan fingerprint density at radius 2 is 1.60 bits per heavy atom. The molecule has 4 nitrogen and oxygen atoms in total. The van der Waals surface area contributed by atoms with E-state index in [-0.39, 0.29) is 17.9 Å². The van der Waals surface area contributed by atoms with Gasteiger partial charge in [0.05, 0.1) is 6.04 Å². The first kappa shape index (κ1) is 19.9. The first-order valence-corrected chi connectivity index (χ1v) is 10.4. The molecule has 4 heteroatoms. The molecule has 3 aromatic rings. The number of carbonyl (C=O) groups excluding carboxylic acids is 2. The maximum Gasteiger partial charge on any atom is 0.252 e. The number of aryl methyl sites for hydroxylation is 1. The highest BCUT2D eigenvalue weighted by Gasteiger charge is 2.21. The van der Waals surface area contributed by atoms with Crippen molar-refractivity contribution in [2.45, 2.75) is 32.4 Å². The Morgan fingerprint density at radius 1 is 0.933 bits per heavy atom. The molecule has 1 heterocycles. The van der Waals surface area contributed by atoms with Crippen molar-refractivity contribution in [1.29, 1.82) is 0 Å². The molecule has 1 saturated heterocycles. The number of carbonyl (C=O) groups is 2. The van der Waals surface area contributed by atoms with Crippen LogP contribution >= 0.6 is 0 Å². The van der Waals surface area contributed by atoms with Crippen molar-refractivity contribution in [3.8, 4) is 0 Å². The average Bonchev–Trinajstić information content (AvgIpc) is 3.18. The van der Waals surface area contributed by atoms with Crippen molar-refractivity contribution in [1.82, 2.24) is 10.2 Å². The number of hydrogen-bond donors (Lipinski definition) is 1. The number of likely N-dealkylation sites (tertiary alicyclic amines) is 1. The van der Waals surface area contributed by atoms with Crippen LogP contribution in [0.1, 0.15) is 51.5 Å². The van der Waals surface area contributed by atoms with E-state index in [1.54, 1.807) is 0 Å². The number of benzene rings is 3. The standard InChI is InChI=1S/C26H26N2O2/c1-19-9-13-22(14-10-19)25(21-6-3-2-4-7-21)27-26(30)23-15-11-20(12-16-23)18-28-17-5-8-24(28)29/h2-4,6-7,9-16,25H,5,8,17-18H2,1H3,(H,27,30). The van der Waals surface area contributed by atoms with Gasteiger partial charge in [-0.25, -0.2) is 0 Å². The molecule has 2 amide bonds. The van der Waals surface area contributed by atoms with E-state index >= 15 is 0 Å². The van der Waals surface area contributed by atoms with E-state index in [2.05, 4.69) is 36.5 Å². The molecule has 3 aromatic carbocycles. The molecule has 0 saturated carbocycles. The topological polar surface area (TPSA) is 49.4 Å². The molecule has 1 aliphatic rings. The summed E-state index contributed by atoms with van der Waals surface area (Å²) in [5.41, 5.74) is 4.92. The van der Waals surface area contributed by atoms with Crippen molar-refractivity contribution in [2.24, 2.45) is 0 Å². The highest BCUT2D eigenvalue weighted by Crippen LogP contribution is 2.23. The average molecular weight is 399 g/mol. The lowest BCUT2D eigenvalue weighted by Gasteiger charge is -2.20. The molecular formula is C26H26N2O2. The summed E-state index contributed by atoms with van der Waals surface area (Å²) in [6.07, 6.45) is 1.57. The third-order valence-corrected chi connectivity index (χ3v) is 5.58. The van der Waals surface area contributed by atoms with Gasteiger partial charge in [-0.1, -0.05) is 72.3 Å². The minimum atomic E-state index is -0.221. The van der Waals surface area contributed by atoms with E-state index in [9.17, 15) is 9.59 Å². The predicted octanol–water partition coefficient (Wildman–Crippen LogP) is 4.64. The van der Waals surface area contributed by atoms with Crippen LogP contribution in [0, 0.1) is 6.92 Å². The van der Waals surface area contributed by atoms with Gasteiger partial charge in [0.15, 0.2) is 0 Å². The number of rotatable bonds is 6. The minimum Gasteiger partial charge on any atom is -0.341 e. The van der Waals surface area contributed by atoms with Gasteiger partial charge in [-0.05, 0) is 42.2 Å². The molecule has 30 heavy (non-hydrogen) atoms. The molecule has 0 spiro atoms.